The lowest BCUT2D eigenvalue weighted by atomic mass is 9.99. The van der Waals surface area contributed by atoms with Crippen LogP contribution in [0.25, 0.3) is 0 Å². The molecule has 1 fully saturated rings. The molecule has 7 nitrogen and oxygen atoms in total. The first kappa shape index (κ1) is 20.3. The first-order valence-electron chi connectivity index (χ1n) is 9.00. The number of benzene rings is 2. The lowest BCUT2D eigenvalue weighted by molar-refractivity contribution is -0.122. The average Bonchev–Trinajstić information content (AvgIpc) is 3.18. The van der Waals surface area contributed by atoms with E-state index in [1.54, 1.807) is 18.2 Å². The van der Waals surface area contributed by atoms with E-state index in [1.807, 2.05) is 5.32 Å². The predicted octanol–water partition coefficient (Wildman–Crippen LogP) is 1.70. The van der Waals surface area contributed by atoms with Gasteiger partial charge in [0.2, 0.25) is 5.54 Å². The molecule has 2 aromatic carbocycles. The summed E-state index contributed by atoms with van der Waals surface area (Å²) < 4.78 is 46.0. The van der Waals surface area contributed by atoms with E-state index >= 15 is 0 Å². The van der Waals surface area contributed by atoms with Crippen LogP contribution in [0.1, 0.15) is 21.5 Å². The summed E-state index contributed by atoms with van der Waals surface area (Å²) in [7, 11) is 1.45. The fraction of sp³-hybridized carbons (Fsp3) is 0.190. The van der Waals surface area contributed by atoms with Gasteiger partial charge in [-0.3, -0.25) is 14.9 Å². The van der Waals surface area contributed by atoms with Crippen molar-refractivity contribution in [2.45, 2.75) is 12.1 Å². The fourth-order valence-electron chi connectivity index (χ4n) is 3.43. The first-order chi connectivity index (χ1) is 14.7. The minimum atomic E-state index is -1.94. The third kappa shape index (κ3) is 3.54. The summed E-state index contributed by atoms with van der Waals surface area (Å²) in [6.07, 6.45) is 0. The smallest absolute Gasteiger partial charge is 0.323 e. The summed E-state index contributed by atoms with van der Waals surface area (Å²) in [4.78, 5) is 38.4. The second kappa shape index (κ2) is 7.36. The third-order valence-electron chi connectivity index (χ3n) is 4.97. The van der Waals surface area contributed by atoms with Crippen LogP contribution < -0.4 is 15.4 Å². The molecule has 0 aliphatic carbocycles. The largest absolute Gasteiger partial charge is 0.497 e. The number of carbonyl (C=O) groups is 3. The Hall–Kier alpha value is -4.00. The predicted molar refractivity (Wildman–Crippen MR) is 100 cm³/mol. The lowest BCUT2D eigenvalue weighted by Gasteiger charge is -2.26. The van der Waals surface area contributed by atoms with E-state index in [-0.39, 0.29) is 13.1 Å². The van der Waals surface area contributed by atoms with Crippen molar-refractivity contribution in [1.82, 2.24) is 15.5 Å². The Labute approximate surface area is 174 Å². The third-order valence-corrected chi connectivity index (χ3v) is 4.97. The van der Waals surface area contributed by atoms with Crippen molar-refractivity contribution < 1.29 is 32.3 Å². The SMILES string of the molecule is COc1ccc2c(c1)C(=O)N(CC1(C#Cc3cc(F)cc(F)c3F)NC(=O)NC1=O)C2. The van der Waals surface area contributed by atoms with E-state index < -0.39 is 46.4 Å². The molecule has 2 N–H and O–H groups in total. The molecule has 2 aliphatic heterocycles. The number of carbonyl (C=O) groups excluding carboxylic acids is 3. The van der Waals surface area contributed by atoms with Crippen LogP contribution in [-0.2, 0) is 11.3 Å². The van der Waals surface area contributed by atoms with Crippen LogP contribution >= 0.6 is 0 Å². The van der Waals surface area contributed by atoms with Crippen molar-refractivity contribution in [3.8, 4) is 17.6 Å². The fourth-order valence-corrected chi connectivity index (χ4v) is 3.43. The van der Waals surface area contributed by atoms with Gasteiger partial charge in [-0.05, 0) is 23.8 Å². The van der Waals surface area contributed by atoms with Crippen LogP contribution in [0.3, 0.4) is 0 Å². The number of nitrogens with one attached hydrogen (secondary N) is 2. The molecule has 1 atom stereocenters. The highest BCUT2D eigenvalue weighted by Gasteiger charge is 2.48. The molecule has 158 valence electrons. The van der Waals surface area contributed by atoms with Crippen molar-refractivity contribution in [3.05, 3.63) is 64.5 Å². The number of halogens is 3. The zero-order chi connectivity index (χ0) is 22.3. The maximum atomic E-state index is 14.0. The standard InChI is InChI=1S/C21H14F3N3O4/c1-31-14-3-2-12-9-27(18(28)15(12)8-14)10-21(19(29)25-20(30)26-21)5-4-11-6-13(22)7-16(23)17(11)24/h2-3,6-8H,9-10H2,1H3,(H2,25,26,29,30). The molecule has 0 spiro atoms. The van der Waals surface area contributed by atoms with Gasteiger partial charge in [0, 0.05) is 18.2 Å². The number of imide groups is 1. The van der Waals surface area contributed by atoms with Gasteiger partial charge in [0.1, 0.15) is 11.6 Å². The van der Waals surface area contributed by atoms with Crippen LogP contribution in [0, 0.1) is 29.3 Å². The maximum absolute atomic E-state index is 14.0. The summed E-state index contributed by atoms with van der Waals surface area (Å²) in [5.41, 5.74) is -1.53. The van der Waals surface area contributed by atoms with E-state index in [4.69, 9.17) is 4.74 Å². The molecule has 1 saturated heterocycles. The van der Waals surface area contributed by atoms with Gasteiger partial charge in [0.15, 0.2) is 11.6 Å². The minimum Gasteiger partial charge on any atom is -0.497 e. The van der Waals surface area contributed by atoms with E-state index in [2.05, 4.69) is 17.2 Å². The number of ether oxygens (including phenoxy) is 1. The molecule has 0 saturated carbocycles. The summed E-state index contributed by atoms with van der Waals surface area (Å²) in [6, 6.07) is 5.08. The van der Waals surface area contributed by atoms with Crippen LogP contribution in [0.2, 0.25) is 0 Å². The Morgan fingerprint density at radius 1 is 1.16 bits per heavy atom. The Kier molecular flexibility index (Phi) is 4.81. The number of amides is 4. The van der Waals surface area contributed by atoms with Gasteiger partial charge >= 0.3 is 6.03 Å². The molecule has 2 aromatic rings. The monoisotopic (exact) mass is 429 g/mol. The summed E-state index contributed by atoms with van der Waals surface area (Å²) in [5.74, 6) is -0.112. The first-order valence-corrected chi connectivity index (χ1v) is 9.00. The van der Waals surface area contributed by atoms with Gasteiger partial charge in [0.05, 0.1) is 19.2 Å². The molecule has 2 aliphatic rings. The quantitative estimate of drug-likeness (QED) is 0.442. The molecule has 4 rings (SSSR count). The van der Waals surface area contributed by atoms with Crippen molar-refractivity contribution >= 4 is 17.8 Å². The summed E-state index contributed by atoms with van der Waals surface area (Å²) in [6.45, 7) is -0.236. The van der Waals surface area contributed by atoms with Crippen molar-refractivity contribution in [2.24, 2.45) is 0 Å². The van der Waals surface area contributed by atoms with Crippen LogP contribution in [-0.4, -0.2) is 41.9 Å². The summed E-state index contributed by atoms with van der Waals surface area (Å²) >= 11 is 0. The highest BCUT2D eigenvalue weighted by atomic mass is 19.2. The van der Waals surface area contributed by atoms with Crippen LogP contribution in [0.15, 0.2) is 30.3 Å². The number of nitrogens with zero attached hydrogens (tertiary/aromatic N) is 1. The molecule has 1 unspecified atom stereocenters. The van der Waals surface area contributed by atoms with E-state index in [0.717, 1.165) is 0 Å². The van der Waals surface area contributed by atoms with Crippen molar-refractivity contribution in [3.63, 3.8) is 0 Å². The minimum absolute atomic E-state index is 0.133. The molecular weight excluding hydrogens is 415 g/mol. The Bertz CT molecular complexity index is 1200. The Morgan fingerprint density at radius 3 is 2.61 bits per heavy atom. The van der Waals surface area contributed by atoms with E-state index in [9.17, 15) is 27.6 Å². The molecule has 0 aromatic heterocycles. The molecule has 10 heteroatoms. The van der Waals surface area contributed by atoms with Crippen molar-refractivity contribution in [1.29, 1.82) is 0 Å². The normalized spacial score (nSPS) is 19.5. The highest BCUT2D eigenvalue weighted by Crippen LogP contribution is 2.28. The zero-order valence-electron chi connectivity index (χ0n) is 16.0. The van der Waals surface area contributed by atoms with Gasteiger partial charge in [-0.1, -0.05) is 17.9 Å². The van der Waals surface area contributed by atoms with Crippen LogP contribution in [0.4, 0.5) is 18.0 Å². The van der Waals surface area contributed by atoms with Crippen LogP contribution in [0.5, 0.6) is 5.75 Å². The molecule has 31 heavy (non-hydrogen) atoms. The molecule has 0 radical (unpaired) electrons. The number of rotatable bonds is 3. The van der Waals surface area contributed by atoms with Gasteiger partial charge in [-0.15, -0.1) is 0 Å². The number of hydrogen-bond donors (Lipinski definition) is 2. The Balaban J connectivity index is 1.69. The zero-order valence-corrected chi connectivity index (χ0v) is 16.0. The van der Waals surface area contributed by atoms with Crippen molar-refractivity contribution in [2.75, 3.05) is 13.7 Å². The molecule has 4 amide bonds. The number of hydrogen-bond acceptors (Lipinski definition) is 4. The number of urea groups is 1. The topological polar surface area (TPSA) is 87.7 Å². The van der Waals surface area contributed by atoms with Gasteiger partial charge < -0.3 is 15.0 Å². The summed E-state index contributed by atoms with van der Waals surface area (Å²) in [5, 5.41) is 4.35. The molecule has 2 heterocycles. The van der Waals surface area contributed by atoms with Gasteiger partial charge in [-0.2, -0.15) is 0 Å². The van der Waals surface area contributed by atoms with E-state index in [1.165, 1.54) is 12.0 Å². The maximum Gasteiger partial charge on any atom is 0.323 e. The molecule has 0 bridgehead atoms. The van der Waals surface area contributed by atoms with E-state index in [0.29, 0.717) is 29.0 Å². The lowest BCUT2D eigenvalue weighted by Crippen LogP contribution is -2.54. The van der Waals surface area contributed by atoms with Gasteiger partial charge in [0.25, 0.3) is 11.8 Å². The second-order valence-corrected chi connectivity index (χ2v) is 7.00. The highest BCUT2D eigenvalue weighted by molar-refractivity contribution is 6.10. The second-order valence-electron chi connectivity index (χ2n) is 7.00. The number of fused-ring (bicyclic) bond motifs is 1. The number of methoxy groups -OCH3 is 1. The van der Waals surface area contributed by atoms with Gasteiger partial charge in [-0.25, -0.2) is 18.0 Å². The average molecular weight is 429 g/mol. The Morgan fingerprint density at radius 2 is 1.94 bits per heavy atom. The molecular formula is C21H14F3N3O4.